The summed E-state index contributed by atoms with van der Waals surface area (Å²) in [6, 6.07) is 3.82. The monoisotopic (exact) mass is 221 g/mol. The molecule has 0 amide bonds. The zero-order valence-corrected chi connectivity index (χ0v) is 9.27. The first-order valence-electron chi connectivity index (χ1n) is 5.44. The van der Waals surface area contributed by atoms with Crippen molar-refractivity contribution in [3.05, 3.63) is 17.8 Å². The predicted molar refractivity (Wildman–Crippen MR) is 59.1 cm³/mol. The highest BCUT2D eigenvalue weighted by Crippen LogP contribution is 2.34. The van der Waals surface area contributed by atoms with Crippen molar-refractivity contribution >= 4 is 11.8 Å². The van der Waals surface area contributed by atoms with Crippen molar-refractivity contribution in [1.82, 2.24) is 10.2 Å². The van der Waals surface area contributed by atoms with Gasteiger partial charge in [-0.25, -0.2) is 0 Å². The summed E-state index contributed by atoms with van der Waals surface area (Å²) in [7, 11) is 1.36. The lowest BCUT2D eigenvalue weighted by Gasteiger charge is -2.23. The van der Waals surface area contributed by atoms with Crippen molar-refractivity contribution in [2.24, 2.45) is 0 Å². The van der Waals surface area contributed by atoms with Gasteiger partial charge in [0.05, 0.1) is 12.8 Å². The van der Waals surface area contributed by atoms with Crippen LogP contribution in [0.3, 0.4) is 0 Å². The number of carbonyl (C=O) groups is 1. The third-order valence-electron chi connectivity index (χ3n) is 2.85. The first-order chi connectivity index (χ1) is 7.79. The second kappa shape index (κ2) is 4.92. The third-order valence-corrected chi connectivity index (χ3v) is 2.85. The van der Waals surface area contributed by atoms with Gasteiger partial charge in [0.1, 0.15) is 12.4 Å². The number of methoxy groups -OCH3 is 1. The summed E-state index contributed by atoms with van der Waals surface area (Å²) in [5.41, 5.74) is 1.05. The Morgan fingerprint density at radius 2 is 2.31 bits per heavy atom. The molecule has 2 rings (SSSR count). The predicted octanol–water partition coefficient (Wildman–Crippen LogP) is 1.33. The number of nitrogens with zero attached hydrogens (tertiary/aromatic N) is 2. The lowest BCUT2D eigenvalue weighted by Crippen LogP contribution is -2.17. The van der Waals surface area contributed by atoms with E-state index in [1.165, 1.54) is 26.4 Å². The van der Waals surface area contributed by atoms with Crippen molar-refractivity contribution in [2.75, 3.05) is 19.0 Å². The van der Waals surface area contributed by atoms with Crippen LogP contribution in [0.1, 0.15) is 30.9 Å². The third kappa shape index (κ3) is 2.48. The van der Waals surface area contributed by atoms with E-state index in [0.717, 1.165) is 5.69 Å². The van der Waals surface area contributed by atoms with E-state index in [1.54, 1.807) is 0 Å². The minimum Gasteiger partial charge on any atom is -0.468 e. The number of anilines is 1. The van der Waals surface area contributed by atoms with Crippen LogP contribution in [0.2, 0.25) is 0 Å². The van der Waals surface area contributed by atoms with Gasteiger partial charge in [-0.2, -0.15) is 5.10 Å². The van der Waals surface area contributed by atoms with Crippen molar-refractivity contribution in [3.63, 3.8) is 0 Å². The molecule has 0 aromatic carbocycles. The normalized spacial score (nSPS) is 15.3. The average molecular weight is 221 g/mol. The Balaban J connectivity index is 1.88. The second-order valence-electron chi connectivity index (χ2n) is 3.90. The van der Waals surface area contributed by atoms with E-state index in [4.69, 9.17) is 0 Å². The summed E-state index contributed by atoms with van der Waals surface area (Å²) in [4.78, 5) is 10.9. The molecule has 1 aromatic rings. The Morgan fingerprint density at radius 1 is 1.50 bits per heavy atom. The van der Waals surface area contributed by atoms with E-state index in [9.17, 15) is 4.79 Å². The summed E-state index contributed by atoms with van der Waals surface area (Å²) >= 11 is 0. The van der Waals surface area contributed by atoms with Crippen LogP contribution < -0.4 is 5.32 Å². The number of hydrogen-bond acceptors (Lipinski definition) is 5. The second-order valence-corrected chi connectivity index (χ2v) is 3.90. The van der Waals surface area contributed by atoms with Crippen LogP contribution in [0, 0.1) is 0 Å². The quantitative estimate of drug-likeness (QED) is 0.777. The number of aromatic nitrogens is 2. The van der Waals surface area contributed by atoms with Gasteiger partial charge in [0.2, 0.25) is 0 Å². The van der Waals surface area contributed by atoms with Gasteiger partial charge in [-0.1, -0.05) is 6.42 Å². The Morgan fingerprint density at radius 3 is 2.81 bits per heavy atom. The van der Waals surface area contributed by atoms with Crippen LogP contribution in [0.25, 0.3) is 0 Å². The molecule has 1 N–H and O–H groups in total. The molecule has 0 radical (unpaired) electrons. The maximum Gasteiger partial charge on any atom is 0.325 e. The van der Waals surface area contributed by atoms with E-state index < -0.39 is 0 Å². The maximum absolute atomic E-state index is 10.9. The fourth-order valence-corrected chi connectivity index (χ4v) is 1.59. The van der Waals surface area contributed by atoms with E-state index in [0.29, 0.717) is 11.7 Å². The molecule has 5 nitrogen and oxygen atoms in total. The topological polar surface area (TPSA) is 64.1 Å². The first kappa shape index (κ1) is 10.9. The summed E-state index contributed by atoms with van der Waals surface area (Å²) < 4.78 is 4.51. The Bertz CT molecular complexity index is 360. The van der Waals surface area contributed by atoms with Gasteiger partial charge in [0.15, 0.2) is 0 Å². The molecule has 0 spiro atoms. The molecule has 1 fully saturated rings. The molecule has 0 unspecified atom stereocenters. The molecule has 1 saturated carbocycles. The summed E-state index contributed by atoms with van der Waals surface area (Å²) in [6.45, 7) is 0.119. The summed E-state index contributed by atoms with van der Waals surface area (Å²) in [5, 5.41) is 11.0. The van der Waals surface area contributed by atoms with Crippen molar-refractivity contribution in [1.29, 1.82) is 0 Å². The van der Waals surface area contributed by atoms with Gasteiger partial charge in [0, 0.05) is 5.92 Å². The molecular formula is C11H15N3O2. The van der Waals surface area contributed by atoms with Crippen molar-refractivity contribution in [3.8, 4) is 0 Å². The smallest absolute Gasteiger partial charge is 0.325 e. The van der Waals surface area contributed by atoms with E-state index in [2.05, 4.69) is 20.3 Å². The molecule has 0 saturated heterocycles. The van der Waals surface area contributed by atoms with Crippen LogP contribution >= 0.6 is 0 Å². The van der Waals surface area contributed by atoms with E-state index >= 15 is 0 Å². The van der Waals surface area contributed by atoms with E-state index in [-0.39, 0.29) is 12.5 Å². The van der Waals surface area contributed by atoms with E-state index in [1.807, 2.05) is 12.1 Å². The van der Waals surface area contributed by atoms with Gasteiger partial charge in [0.25, 0.3) is 0 Å². The molecule has 1 heterocycles. The molecule has 86 valence electrons. The summed E-state index contributed by atoms with van der Waals surface area (Å²) in [6.07, 6.45) is 3.71. The number of esters is 1. The number of hydrogen-bond donors (Lipinski definition) is 1. The Kier molecular flexibility index (Phi) is 3.34. The summed E-state index contributed by atoms with van der Waals surface area (Å²) in [5.74, 6) is 0.875. The molecule has 1 aliphatic rings. The van der Waals surface area contributed by atoms with Gasteiger partial charge in [-0.05, 0) is 25.0 Å². The Labute approximate surface area is 94.2 Å². The fraction of sp³-hybridized carbons (Fsp3) is 0.545. The molecule has 0 aliphatic heterocycles. The van der Waals surface area contributed by atoms with Crippen molar-refractivity contribution in [2.45, 2.75) is 25.2 Å². The molecule has 16 heavy (non-hydrogen) atoms. The van der Waals surface area contributed by atoms with Gasteiger partial charge < -0.3 is 10.1 Å². The van der Waals surface area contributed by atoms with Gasteiger partial charge in [-0.3, -0.25) is 4.79 Å². The zero-order chi connectivity index (χ0) is 11.4. The minimum absolute atomic E-state index is 0.119. The average Bonchev–Trinajstić information content (AvgIpc) is 2.25. The number of carbonyl (C=O) groups excluding carboxylic acids is 1. The highest BCUT2D eigenvalue weighted by atomic mass is 16.5. The van der Waals surface area contributed by atoms with Crippen LogP contribution in [0.5, 0.6) is 0 Å². The minimum atomic E-state index is -0.315. The molecular weight excluding hydrogens is 206 g/mol. The maximum atomic E-state index is 10.9. The fourth-order valence-electron chi connectivity index (χ4n) is 1.59. The Hall–Kier alpha value is -1.65. The number of rotatable bonds is 4. The first-order valence-corrected chi connectivity index (χ1v) is 5.44. The standard InChI is InChI=1S/C11H15N3O2/c1-16-11(15)7-12-10-6-5-9(13-14-10)8-3-2-4-8/h5-6,8H,2-4,7H2,1H3,(H,12,14). The highest BCUT2D eigenvalue weighted by Gasteiger charge is 2.20. The molecule has 1 aromatic heterocycles. The molecule has 5 heteroatoms. The molecule has 1 aliphatic carbocycles. The molecule has 0 bridgehead atoms. The van der Waals surface area contributed by atoms with Gasteiger partial charge >= 0.3 is 5.97 Å². The van der Waals surface area contributed by atoms with Crippen LogP contribution in [-0.2, 0) is 9.53 Å². The lowest BCUT2D eigenvalue weighted by atomic mass is 9.83. The zero-order valence-electron chi connectivity index (χ0n) is 9.27. The van der Waals surface area contributed by atoms with Gasteiger partial charge in [-0.15, -0.1) is 5.10 Å². The largest absolute Gasteiger partial charge is 0.468 e. The SMILES string of the molecule is COC(=O)CNc1ccc(C2CCC2)nn1. The van der Waals surface area contributed by atoms with Crippen LogP contribution in [-0.4, -0.2) is 29.8 Å². The van der Waals surface area contributed by atoms with Crippen LogP contribution in [0.4, 0.5) is 5.82 Å². The van der Waals surface area contributed by atoms with Crippen molar-refractivity contribution < 1.29 is 9.53 Å². The van der Waals surface area contributed by atoms with Crippen LogP contribution in [0.15, 0.2) is 12.1 Å². The molecule has 0 atom stereocenters. The lowest BCUT2D eigenvalue weighted by molar-refractivity contribution is -0.138. The number of nitrogens with one attached hydrogen (secondary N) is 1. The number of ether oxygens (including phenoxy) is 1. The highest BCUT2D eigenvalue weighted by molar-refractivity contribution is 5.74.